The SMILES string of the molecule is CN(C(=O)OC(=O)c1ccccc1)c1ccc2[nH]ncc2c1. The second-order valence-corrected chi connectivity index (χ2v) is 4.72. The van der Waals surface area contributed by atoms with Crippen molar-refractivity contribution in [2.75, 3.05) is 11.9 Å². The summed E-state index contributed by atoms with van der Waals surface area (Å²) in [5, 5.41) is 7.62. The first kappa shape index (κ1) is 13.8. The highest BCUT2D eigenvalue weighted by molar-refractivity contribution is 6.01. The number of hydrogen-bond acceptors (Lipinski definition) is 4. The van der Waals surface area contributed by atoms with Gasteiger partial charge in [0.15, 0.2) is 0 Å². The molecule has 1 heterocycles. The molecule has 1 amide bonds. The summed E-state index contributed by atoms with van der Waals surface area (Å²) in [5.74, 6) is -0.679. The lowest BCUT2D eigenvalue weighted by atomic mass is 10.2. The van der Waals surface area contributed by atoms with Crippen LogP contribution < -0.4 is 4.90 Å². The van der Waals surface area contributed by atoms with Crippen LogP contribution >= 0.6 is 0 Å². The Morgan fingerprint density at radius 3 is 2.68 bits per heavy atom. The van der Waals surface area contributed by atoms with Crippen molar-refractivity contribution in [3.8, 4) is 0 Å². The van der Waals surface area contributed by atoms with Gasteiger partial charge < -0.3 is 4.74 Å². The number of nitrogens with zero attached hydrogens (tertiary/aromatic N) is 2. The van der Waals surface area contributed by atoms with Crippen molar-refractivity contribution in [3.05, 3.63) is 60.3 Å². The maximum atomic E-state index is 12.1. The largest absolute Gasteiger partial charge is 0.422 e. The van der Waals surface area contributed by atoms with Gasteiger partial charge in [-0.1, -0.05) is 18.2 Å². The number of fused-ring (bicyclic) bond motifs is 1. The Hall–Kier alpha value is -3.15. The number of esters is 1. The molecule has 0 aliphatic carbocycles. The van der Waals surface area contributed by atoms with Crippen LogP contribution in [0.4, 0.5) is 10.5 Å². The van der Waals surface area contributed by atoms with E-state index in [0.29, 0.717) is 11.3 Å². The molecule has 2 aromatic carbocycles. The number of benzene rings is 2. The zero-order valence-corrected chi connectivity index (χ0v) is 11.8. The van der Waals surface area contributed by atoms with E-state index in [-0.39, 0.29) is 0 Å². The lowest BCUT2D eigenvalue weighted by Gasteiger charge is -2.16. The molecule has 3 rings (SSSR count). The Labute approximate surface area is 126 Å². The summed E-state index contributed by atoms with van der Waals surface area (Å²) in [6.07, 6.45) is 0.921. The number of rotatable bonds is 2. The lowest BCUT2D eigenvalue weighted by Crippen LogP contribution is -2.29. The first-order valence-electron chi connectivity index (χ1n) is 6.63. The molecule has 0 atom stereocenters. The number of aromatic amines is 1. The van der Waals surface area contributed by atoms with Gasteiger partial charge in [0, 0.05) is 18.1 Å². The van der Waals surface area contributed by atoms with E-state index in [4.69, 9.17) is 4.74 Å². The molecule has 0 saturated carbocycles. The fourth-order valence-electron chi connectivity index (χ4n) is 2.03. The average Bonchev–Trinajstić information content (AvgIpc) is 3.02. The Balaban J connectivity index is 1.75. The molecule has 110 valence electrons. The molecule has 0 radical (unpaired) electrons. The minimum absolute atomic E-state index is 0.328. The molecule has 0 fully saturated rings. The van der Waals surface area contributed by atoms with Crippen molar-refractivity contribution in [1.29, 1.82) is 0 Å². The Bertz CT molecular complexity index is 827. The second-order valence-electron chi connectivity index (χ2n) is 4.72. The molecular formula is C16H13N3O3. The van der Waals surface area contributed by atoms with Crippen LogP contribution in [0.25, 0.3) is 10.9 Å². The highest BCUT2D eigenvalue weighted by Gasteiger charge is 2.18. The summed E-state index contributed by atoms with van der Waals surface area (Å²) in [5.41, 5.74) is 1.81. The van der Waals surface area contributed by atoms with Gasteiger partial charge >= 0.3 is 12.1 Å². The molecule has 6 nitrogen and oxygen atoms in total. The topological polar surface area (TPSA) is 75.3 Å². The third kappa shape index (κ3) is 2.67. The van der Waals surface area contributed by atoms with Crippen molar-refractivity contribution >= 4 is 28.7 Å². The number of nitrogens with one attached hydrogen (secondary N) is 1. The van der Waals surface area contributed by atoms with Crippen molar-refractivity contribution in [2.45, 2.75) is 0 Å². The fourth-order valence-corrected chi connectivity index (χ4v) is 2.03. The normalized spacial score (nSPS) is 10.4. The molecule has 0 bridgehead atoms. The van der Waals surface area contributed by atoms with Crippen molar-refractivity contribution in [2.24, 2.45) is 0 Å². The van der Waals surface area contributed by atoms with Crippen LogP contribution in [-0.2, 0) is 4.74 Å². The molecule has 0 saturated heterocycles. The second kappa shape index (κ2) is 5.69. The van der Waals surface area contributed by atoms with E-state index in [1.54, 1.807) is 61.8 Å². The van der Waals surface area contributed by atoms with Crippen LogP contribution in [-0.4, -0.2) is 29.3 Å². The van der Waals surface area contributed by atoms with Gasteiger partial charge in [-0.3, -0.25) is 10.00 Å². The van der Waals surface area contributed by atoms with E-state index < -0.39 is 12.1 Å². The van der Waals surface area contributed by atoms with Gasteiger partial charge in [-0.15, -0.1) is 0 Å². The van der Waals surface area contributed by atoms with E-state index in [1.165, 1.54) is 4.90 Å². The first-order valence-corrected chi connectivity index (χ1v) is 6.63. The lowest BCUT2D eigenvalue weighted by molar-refractivity contribution is 0.0636. The van der Waals surface area contributed by atoms with Crippen LogP contribution in [0.5, 0.6) is 0 Å². The van der Waals surface area contributed by atoms with Crippen LogP contribution in [0.1, 0.15) is 10.4 Å². The Kier molecular flexibility index (Phi) is 3.57. The number of amides is 1. The number of hydrogen-bond donors (Lipinski definition) is 1. The molecule has 22 heavy (non-hydrogen) atoms. The number of carbonyl (C=O) groups excluding carboxylic acids is 2. The minimum atomic E-state index is -0.739. The highest BCUT2D eigenvalue weighted by Crippen LogP contribution is 2.20. The van der Waals surface area contributed by atoms with Crippen LogP contribution in [0.2, 0.25) is 0 Å². The third-order valence-corrected chi connectivity index (χ3v) is 3.27. The first-order chi connectivity index (χ1) is 10.6. The molecule has 3 aromatic rings. The summed E-state index contributed by atoms with van der Waals surface area (Å²) >= 11 is 0. The summed E-state index contributed by atoms with van der Waals surface area (Å²) in [7, 11) is 1.54. The predicted molar refractivity (Wildman–Crippen MR) is 81.8 cm³/mol. The third-order valence-electron chi connectivity index (χ3n) is 3.27. The maximum Gasteiger partial charge on any atom is 0.422 e. The zero-order chi connectivity index (χ0) is 15.5. The van der Waals surface area contributed by atoms with E-state index in [9.17, 15) is 9.59 Å². The Morgan fingerprint density at radius 1 is 1.14 bits per heavy atom. The molecule has 6 heteroatoms. The van der Waals surface area contributed by atoms with E-state index in [0.717, 1.165) is 10.9 Å². The monoisotopic (exact) mass is 295 g/mol. The van der Waals surface area contributed by atoms with E-state index in [1.807, 2.05) is 0 Å². The smallest absolute Gasteiger partial charge is 0.372 e. The summed E-state index contributed by atoms with van der Waals surface area (Å²) in [6, 6.07) is 13.7. The van der Waals surface area contributed by atoms with Crippen LogP contribution in [0.3, 0.4) is 0 Å². The molecular weight excluding hydrogens is 282 g/mol. The quantitative estimate of drug-likeness (QED) is 0.582. The predicted octanol–water partition coefficient (Wildman–Crippen LogP) is 2.98. The number of ether oxygens (including phenoxy) is 1. The van der Waals surface area contributed by atoms with Gasteiger partial charge in [0.25, 0.3) is 0 Å². The van der Waals surface area contributed by atoms with Crippen molar-refractivity contribution in [3.63, 3.8) is 0 Å². The van der Waals surface area contributed by atoms with E-state index >= 15 is 0 Å². The van der Waals surface area contributed by atoms with Gasteiger partial charge in [-0.2, -0.15) is 5.10 Å². The van der Waals surface area contributed by atoms with Gasteiger partial charge in [0.05, 0.1) is 17.3 Å². The number of anilines is 1. The standard InChI is InChI=1S/C16H13N3O3/c1-19(13-7-8-14-12(9-13)10-17-18-14)16(21)22-15(20)11-5-3-2-4-6-11/h2-10H,1H3,(H,17,18). The van der Waals surface area contributed by atoms with Crippen LogP contribution in [0.15, 0.2) is 54.7 Å². The number of carbonyl (C=O) groups is 2. The molecule has 0 aliphatic heterocycles. The molecule has 0 unspecified atom stereocenters. The molecule has 1 aromatic heterocycles. The zero-order valence-electron chi connectivity index (χ0n) is 11.8. The summed E-state index contributed by atoms with van der Waals surface area (Å²) in [6.45, 7) is 0. The summed E-state index contributed by atoms with van der Waals surface area (Å²) in [4.78, 5) is 25.2. The fraction of sp³-hybridized carbons (Fsp3) is 0.0625. The van der Waals surface area contributed by atoms with Gasteiger partial charge in [-0.25, -0.2) is 9.59 Å². The van der Waals surface area contributed by atoms with Gasteiger partial charge in [-0.05, 0) is 30.3 Å². The van der Waals surface area contributed by atoms with Crippen LogP contribution in [0, 0.1) is 0 Å². The van der Waals surface area contributed by atoms with Crippen molar-refractivity contribution < 1.29 is 14.3 Å². The van der Waals surface area contributed by atoms with E-state index in [2.05, 4.69) is 10.2 Å². The molecule has 0 spiro atoms. The molecule has 0 aliphatic rings. The Morgan fingerprint density at radius 2 is 1.91 bits per heavy atom. The van der Waals surface area contributed by atoms with Crippen molar-refractivity contribution in [1.82, 2.24) is 10.2 Å². The maximum absolute atomic E-state index is 12.1. The summed E-state index contributed by atoms with van der Waals surface area (Å²) < 4.78 is 4.87. The minimum Gasteiger partial charge on any atom is -0.372 e. The number of H-pyrrole nitrogens is 1. The van der Waals surface area contributed by atoms with Gasteiger partial charge in [0.1, 0.15) is 0 Å². The molecule has 1 N–H and O–H groups in total. The average molecular weight is 295 g/mol. The highest BCUT2D eigenvalue weighted by atomic mass is 16.6. The van der Waals surface area contributed by atoms with Gasteiger partial charge in [0.2, 0.25) is 0 Å². The number of aromatic nitrogens is 2.